The van der Waals surface area contributed by atoms with Gasteiger partial charge in [-0.1, -0.05) is 81.4 Å². The van der Waals surface area contributed by atoms with Gasteiger partial charge in [0.15, 0.2) is 30.0 Å². The Labute approximate surface area is 265 Å². The standard InChI is InChI=1S/C30H31ClFN7O3SSi/c1-30(2,3)44(19-10-6-4-7-11-19,20-12-8-5-9-13-20)40-16-21-24(42-29(43)38-15-14-34-17-38)22(32)27(41-21)39-18-35-23-25(33)36-28(31)37-26(23)39/h4-15,17-18,21-22,24,27H,16H2,1-3H3,(H2,33,36,37)/t21-,22+,24-,27-/m1/s1. The number of anilines is 1. The van der Waals surface area contributed by atoms with Crippen molar-refractivity contribution in [3.05, 3.63) is 91.0 Å². The summed E-state index contributed by atoms with van der Waals surface area (Å²) in [5, 5.41) is 1.79. The minimum atomic E-state index is -2.99. The number of nitrogen functional groups attached to an aromatic ring is 1. The molecule has 4 atom stereocenters. The van der Waals surface area contributed by atoms with Crippen LogP contribution in [0.5, 0.6) is 0 Å². The van der Waals surface area contributed by atoms with Gasteiger partial charge in [-0.05, 0) is 39.2 Å². The van der Waals surface area contributed by atoms with Crippen molar-refractivity contribution < 1.29 is 18.3 Å². The zero-order valence-corrected chi connectivity index (χ0v) is 26.8. The summed E-state index contributed by atoms with van der Waals surface area (Å²) in [7, 11) is -2.99. The van der Waals surface area contributed by atoms with E-state index in [1.54, 1.807) is 12.4 Å². The smallest absolute Gasteiger partial charge is 0.269 e. The quantitative estimate of drug-likeness (QED) is 0.156. The molecule has 44 heavy (non-hydrogen) atoms. The van der Waals surface area contributed by atoms with E-state index in [-0.39, 0.29) is 39.1 Å². The molecule has 4 heterocycles. The van der Waals surface area contributed by atoms with Gasteiger partial charge in [-0.2, -0.15) is 9.97 Å². The first-order valence-electron chi connectivity index (χ1n) is 14.0. The van der Waals surface area contributed by atoms with Crippen LogP contribution in [0.1, 0.15) is 27.0 Å². The van der Waals surface area contributed by atoms with Gasteiger partial charge in [-0.25, -0.2) is 14.4 Å². The second kappa shape index (κ2) is 12.0. The molecule has 0 saturated carbocycles. The van der Waals surface area contributed by atoms with Crippen LogP contribution < -0.4 is 16.1 Å². The molecule has 2 aromatic carbocycles. The fourth-order valence-electron chi connectivity index (χ4n) is 5.80. The summed E-state index contributed by atoms with van der Waals surface area (Å²) in [6.07, 6.45) is 1.19. The topological polar surface area (TPSA) is 115 Å². The van der Waals surface area contributed by atoms with Gasteiger partial charge >= 0.3 is 0 Å². The van der Waals surface area contributed by atoms with E-state index < -0.39 is 32.9 Å². The zero-order valence-electron chi connectivity index (χ0n) is 24.2. The minimum absolute atomic E-state index is 0.0198. The molecule has 10 nitrogen and oxygen atoms in total. The number of imidazole rings is 2. The number of thiocarbonyl (C=S) groups is 1. The fourth-order valence-corrected chi connectivity index (χ4v) is 10.8. The number of halogens is 2. The van der Waals surface area contributed by atoms with E-state index in [2.05, 4.69) is 65.0 Å². The minimum Gasteiger partial charge on any atom is -0.461 e. The lowest BCUT2D eigenvalue weighted by molar-refractivity contribution is -0.0415. The number of nitrogens with two attached hydrogens (primary N) is 1. The van der Waals surface area contributed by atoms with Crippen LogP contribution in [0.4, 0.5) is 10.2 Å². The van der Waals surface area contributed by atoms with E-state index in [0.717, 1.165) is 10.4 Å². The molecular weight excluding hydrogens is 621 g/mol. The summed E-state index contributed by atoms with van der Waals surface area (Å²) < 4.78 is 39.1. The number of rotatable bonds is 7. The molecule has 1 fully saturated rings. The normalized spacial score (nSPS) is 20.7. The molecule has 3 aromatic heterocycles. The molecule has 228 valence electrons. The lowest BCUT2D eigenvalue weighted by atomic mass is 10.1. The number of benzene rings is 2. The molecule has 1 aliphatic heterocycles. The summed E-state index contributed by atoms with van der Waals surface area (Å²) in [6.45, 7) is 6.53. The van der Waals surface area contributed by atoms with Crippen molar-refractivity contribution in [2.24, 2.45) is 0 Å². The molecule has 0 unspecified atom stereocenters. The maximum absolute atomic E-state index is 16.6. The lowest BCUT2D eigenvalue weighted by Crippen LogP contribution is -2.67. The maximum Gasteiger partial charge on any atom is 0.269 e. The van der Waals surface area contributed by atoms with E-state index >= 15 is 4.39 Å². The Bertz CT molecular complexity index is 1720. The molecule has 0 radical (unpaired) electrons. The first-order valence-corrected chi connectivity index (χ1v) is 16.7. The number of fused-ring (bicyclic) bond motifs is 1. The number of hydrogen-bond donors (Lipinski definition) is 1. The van der Waals surface area contributed by atoms with Gasteiger partial charge in [-0.15, -0.1) is 0 Å². The molecule has 1 saturated heterocycles. The summed E-state index contributed by atoms with van der Waals surface area (Å²) in [5.41, 5.74) is 6.53. The Hall–Kier alpha value is -3.75. The number of aromatic nitrogens is 6. The van der Waals surface area contributed by atoms with Gasteiger partial charge in [0, 0.05) is 12.4 Å². The molecule has 0 aliphatic carbocycles. The summed E-state index contributed by atoms with van der Waals surface area (Å²) in [6, 6.07) is 20.4. The second-order valence-corrected chi connectivity index (χ2v) is 16.5. The van der Waals surface area contributed by atoms with Crippen molar-refractivity contribution in [1.82, 2.24) is 29.1 Å². The van der Waals surface area contributed by atoms with Gasteiger partial charge in [0.1, 0.15) is 17.9 Å². The van der Waals surface area contributed by atoms with E-state index in [1.807, 2.05) is 36.4 Å². The van der Waals surface area contributed by atoms with Crippen molar-refractivity contribution in [2.75, 3.05) is 12.3 Å². The maximum atomic E-state index is 16.6. The molecule has 0 bridgehead atoms. The zero-order chi connectivity index (χ0) is 31.1. The Morgan fingerprint density at radius 1 is 1.07 bits per heavy atom. The molecular formula is C30H31ClFN7O3SSi. The monoisotopic (exact) mass is 651 g/mol. The first kappa shape index (κ1) is 30.3. The van der Waals surface area contributed by atoms with Gasteiger partial charge in [-0.3, -0.25) is 9.13 Å². The van der Waals surface area contributed by atoms with Crippen molar-refractivity contribution in [1.29, 1.82) is 0 Å². The molecule has 0 spiro atoms. The average Bonchev–Trinajstić information content (AvgIpc) is 3.75. The highest BCUT2D eigenvalue weighted by molar-refractivity contribution is 7.80. The first-order chi connectivity index (χ1) is 21.1. The van der Waals surface area contributed by atoms with E-state index in [4.69, 9.17) is 43.5 Å². The molecule has 6 rings (SSSR count). The van der Waals surface area contributed by atoms with Crippen LogP contribution in [0.15, 0.2) is 85.7 Å². The summed E-state index contributed by atoms with van der Waals surface area (Å²) in [4.78, 5) is 16.5. The SMILES string of the molecule is CC(C)(C)[Si](OC[C@H]1O[C@@H](n2cnc3c(N)nc(Cl)nc32)[C@@H](F)[C@@H]1OC(=S)n1ccnc1)(c1ccccc1)c1ccccc1. The Morgan fingerprint density at radius 3 is 2.32 bits per heavy atom. The third-order valence-corrected chi connectivity index (χ3v) is 13.3. The molecule has 2 N–H and O–H groups in total. The molecule has 1 aliphatic rings. The van der Waals surface area contributed by atoms with Crippen molar-refractivity contribution in [3.63, 3.8) is 0 Å². The summed E-state index contributed by atoms with van der Waals surface area (Å²) in [5.74, 6) is 0.0767. The second-order valence-electron chi connectivity index (χ2n) is 11.5. The van der Waals surface area contributed by atoms with E-state index in [0.29, 0.717) is 0 Å². The average molecular weight is 652 g/mol. The van der Waals surface area contributed by atoms with Gasteiger partial charge in [0.05, 0.1) is 12.9 Å². The van der Waals surface area contributed by atoms with E-state index in [1.165, 1.54) is 21.8 Å². The van der Waals surface area contributed by atoms with E-state index in [9.17, 15) is 0 Å². The number of alkyl halides is 1. The lowest BCUT2D eigenvalue weighted by Gasteiger charge is -2.43. The Kier molecular flexibility index (Phi) is 8.24. The third kappa shape index (κ3) is 5.39. The summed E-state index contributed by atoms with van der Waals surface area (Å²) >= 11 is 11.6. The van der Waals surface area contributed by atoms with Crippen molar-refractivity contribution in [3.8, 4) is 0 Å². The van der Waals surface area contributed by atoms with Crippen LogP contribution in [0.2, 0.25) is 10.3 Å². The van der Waals surface area contributed by atoms with Crippen LogP contribution >= 0.6 is 23.8 Å². The van der Waals surface area contributed by atoms with Gasteiger partial charge < -0.3 is 19.6 Å². The number of ether oxygens (including phenoxy) is 2. The highest BCUT2D eigenvalue weighted by Crippen LogP contribution is 2.40. The van der Waals surface area contributed by atoms with Crippen LogP contribution in [0.25, 0.3) is 11.2 Å². The van der Waals surface area contributed by atoms with Crippen LogP contribution in [-0.4, -0.2) is 67.5 Å². The fraction of sp³-hybridized carbons (Fsp3) is 0.300. The number of nitrogens with zero attached hydrogens (tertiary/aromatic N) is 6. The largest absolute Gasteiger partial charge is 0.461 e. The van der Waals surface area contributed by atoms with Gasteiger partial charge in [0.2, 0.25) is 5.28 Å². The van der Waals surface area contributed by atoms with Crippen molar-refractivity contribution >= 4 is 64.7 Å². The van der Waals surface area contributed by atoms with Crippen LogP contribution in [0, 0.1) is 0 Å². The predicted molar refractivity (Wildman–Crippen MR) is 172 cm³/mol. The highest BCUT2D eigenvalue weighted by atomic mass is 35.5. The third-order valence-electron chi connectivity index (χ3n) is 7.80. The molecule has 5 aromatic rings. The predicted octanol–water partition coefficient (Wildman–Crippen LogP) is 4.29. The Morgan fingerprint density at radius 2 is 1.73 bits per heavy atom. The van der Waals surface area contributed by atoms with Gasteiger partial charge in [0.25, 0.3) is 13.5 Å². The number of hydrogen-bond acceptors (Lipinski definition) is 9. The molecule has 0 amide bonds. The van der Waals surface area contributed by atoms with Crippen LogP contribution in [-0.2, 0) is 13.9 Å². The highest BCUT2D eigenvalue weighted by Gasteiger charge is 2.54. The van der Waals surface area contributed by atoms with Crippen LogP contribution in [0.3, 0.4) is 0 Å². The van der Waals surface area contributed by atoms with Crippen molar-refractivity contribution in [2.45, 2.75) is 50.4 Å². The molecule has 14 heteroatoms. The Balaban J connectivity index is 1.39.